The molecule has 1 aromatic rings. The maximum atomic E-state index is 15.1. The van der Waals surface area contributed by atoms with E-state index in [1.54, 1.807) is 92.6 Å². The van der Waals surface area contributed by atoms with Crippen LogP contribution in [0.1, 0.15) is 146 Å². The molecule has 400 valence electrons. The second-order valence-corrected chi connectivity index (χ2v) is 26.4. The van der Waals surface area contributed by atoms with Crippen LogP contribution in [0.3, 0.4) is 0 Å². The molecule has 3 fully saturated rings. The van der Waals surface area contributed by atoms with Crippen molar-refractivity contribution in [1.82, 2.24) is 5.32 Å². The van der Waals surface area contributed by atoms with Crippen molar-refractivity contribution in [3.63, 3.8) is 0 Å². The highest BCUT2D eigenvalue weighted by Crippen LogP contribution is 2.66. The fourth-order valence-corrected chi connectivity index (χ4v) is 14.9. The van der Waals surface area contributed by atoms with Gasteiger partial charge in [0.15, 0.2) is 32.4 Å². The number of carbonyl (C=O) groups is 5. The number of fused-ring (bicyclic) bond motifs is 5. The third-order valence-electron chi connectivity index (χ3n) is 15.9. The summed E-state index contributed by atoms with van der Waals surface area (Å²) in [5.41, 5.74) is -7.23. The summed E-state index contributed by atoms with van der Waals surface area (Å²) in [6, 6.07) is 9.43. The first-order chi connectivity index (χ1) is 33.1. The molecular formula is C53H83NO16Si. The van der Waals surface area contributed by atoms with Crippen molar-refractivity contribution in [2.24, 2.45) is 16.7 Å². The largest absolute Gasteiger partial charge is 0.456 e. The molecule has 13 atom stereocenters. The van der Waals surface area contributed by atoms with Gasteiger partial charge < -0.3 is 57.9 Å². The number of hydrogen-bond acceptors (Lipinski definition) is 16. The Balaban J connectivity index is 1.83. The predicted octanol–water partition coefficient (Wildman–Crippen LogP) is 7.88. The summed E-state index contributed by atoms with van der Waals surface area (Å²) < 4.78 is 57.3. The molecule has 17 nitrogen and oxygen atoms in total. The number of alkyl carbamates (subject to hydrolysis) is 1. The van der Waals surface area contributed by atoms with Crippen LogP contribution in [0.2, 0.25) is 18.1 Å². The van der Waals surface area contributed by atoms with E-state index in [0.29, 0.717) is 18.4 Å². The Labute approximate surface area is 421 Å². The van der Waals surface area contributed by atoms with Gasteiger partial charge in [-0.05, 0) is 89.4 Å². The molecule has 1 heterocycles. The summed E-state index contributed by atoms with van der Waals surface area (Å²) in [6.45, 7) is 26.1. The Hall–Kier alpha value is -3.91. The van der Waals surface area contributed by atoms with Crippen molar-refractivity contribution in [2.45, 2.75) is 226 Å². The van der Waals surface area contributed by atoms with Gasteiger partial charge in [-0.3, -0.25) is 9.59 Å². The minimum Gasteiger partial charge on any atom is -0.456 e. The third kappa shape index (κ3) is 11.6. The molecule has 4 aliphatic rings. The van der Waals surface area contributed by atoms with E-state index in [1.165, 1.54) is 13.8 Å². The second kappa shape index (κ2) is 22.7. The van der Waals surface area contributed by atoms with Crippen LogP contribution in [0.5, 0.6) is 0 Å². The van der Waals surface area contributed by atoms with Crippen LogP contribution < -0.4 is 5.32 Å². The lowest BCUT2D eigenvalue weighted by atomic mass is 9.44. The van der Waals surface area contributed by atoms with Gasteiger partial charge in [0.1, 0.15) is 35.6 Å². The average molecular weight is 1020 g/mol. The Bertz CT molecular complexity index is 2080. The summed E-state index contributed by atoms with van der Waals surface area (Å²) in [7, 11) is -2.59. The van der Waals surface area contributed by atoms with E-state index in [0.717, 1.165) is 18.1 Å². The predicted molar refractivity (Wildman–Crippen MR) is 264 cm³/mol. The van der Waals surface area contributed by atoms with E-state index >= 15 is 4.79 Å². The number of esters is 4. The number of unbranched alkanes of at least 4 members (excludes halogenated alkanes) is 1. The van der Waals surface area contributed by atoms with Gasteiger partial charge in [-0.15, -0.1) is 0 Å². The van der Waals surface area contributed by atoms with Crippen LogP contribution in [0.4, 0.5) is 4.79 Å². The van der Waals surface area contributed by atoms with E-state index < -0.39 is 133 Å². The van der Waals surface area contributed by atoms with Crippen LogP contribution in [-0.4, -0.2) is 134 Å². The van der Waals surface area contributed by atoms with Crippen molar-refractivity contribution < 1.29 is 76.5 Å². The zero-order chi connectivity index (χ0) is 53.1. The van der Waals surface area contributed by atoms with Crippen molar-refractivity contribution in [3.8, 4) is 0 Å². The molecule has 71 heavy (non-hydrogen) atoms. The van der Waals surface area contributed by atoms with E-state index in [1.807, 2.05) is 6.92 Å². The number of ether oxygens (including phenoxy) is 8. The molecule has 2 bridgehead atoms. The smallest absolute Gasteiger partial charge is 0.407 e. The normalized spacial score (nSPS) is 31.4. The number of rotatable bonds is 20. The number of nitrogens with one attached hydrogen (secondary N) is 1. The van der Waals surface area contributed by atoms with E-state index in [-0.39, 0.29) is 37.2 Å². The van der Waals surface area contributed by atoms with E-state index in [2.05, 4.69) is 26.1 Å². The second-order valence-electron chi connectivity index (χ2n) is 21.7. The summed E-state index contributed by atoms with van der Waals surface area (Å²) in [5, 5.41) is 30.7. The molecule has 5 rings (SSSR count). The lowest BCUT2D eigenvalue weighted by Gasteiger charge is -2.70. The summed E-state index contributed by atoms with van der Waals surface area (Å²) >= 11 is 0. The molecule has 1 aromatic carbocycles. The zero-order valence-electron chi connectivity index (χ0n) is 44.8. The number of amides is 1. The Morgan fingerprint density at radius 3 is 2.08 bits per heavy atom. The standard InChI is InChI=1S/C53H83NO16Si/c1-16-21-27-36(54-48(60)69-49(10,11)12)41(65-34(9)62-17-2)47(59)66-37-29-53(61)45(67-46(58)35-25-23-22-24-26-35)43-51(15,44(57)42(64-32(7)55)40(31(37)6)50(53,13)14)38(70-71(18-3,19-4)20-5)28-39-52(43,30-63-39)68-33(8)56/h22-26,34,36-39,41-45,57,61H,16-21,27-30H2,1-15H3,(H,54,60)/t34?,36-,37+,38+,39-,41-,42-,43+,44+,45+,51-,52+,53-/m1/s1. The lowest BCUT2D eigenvalue weighted by Crippen LogP contribution is -2.83. The fourth-order valence-electron chi connectivity index (χ4n) is 11.9. The van der Waals surface area contributed by atoms with Crippen molar-refractivity contribution >= 4 is 38.3 Å². The van der Waals surface area contributed by atoms with Crippen LogP contribution in [0.15, 0.2) is 41.5 Å². The SMILES string of the molecule is CCCC[C@@H](NC(=O)OC(C)(C)C)[C@@H](OC(C)OCC)C(=O)O[C@H]1C[C@@]2(O)[C@@H](OC(=O)c3ccccc3)[C@@H]3[C@]4(OC(C)=O)CO[C@@H]4C[C@H](O[Si](CC)(CC)CC)[C@@]3(C)[C@@H](O)[C@H](OC(C)=O)C(=C1C)C2(C)C. The van der Waals surface area contributed by atoms with Crippen LogP contribution in [-0.2, 0) is 56.7 Å². The molecule has 0 spiro atoms. The molecule has 1 aliphatic heterocycles. The number of benzene rings is 1. The Kier molecular flexibility index (Phi) is 18.5. The zero-order valence-corrected chi connectivity index (χ0v) is 45.8. The number of aliphatic hydroxyl groups excluding tert-OH is 1. The Morgan fingerprint density at radius 2 is 1.56 bits per heavy atom. The topological polar surface area (TPSA) is 221 Å². The summed E-state index contributed by atoms with van der Waals surface area (Å²) in [6.07, 6.45) is -9.87. The van der Waals surface area contributed by atoms with Gasteiger partial charge in [0.05, 0.1) is 30.2 Å². The molecule has 0 aromatic heterocycles. The van der Waals surface area contributed by atoms with Gasteiger partial charge in [0.2, 0.25) is 0 Å². The highest BCUT2D eigenvalue weighted by molar-refractivity contribution is 6.73. The average Bonchev–Trinajstić information content (AvgIpc) is 3.28. The highest BCUT2D eigenvalue weighted by Gasteiger charge is 2.78. The molecule has 2 saturated carbocycles. The van der Waals surface area contributed by atoms with Crippen molar-refractivity contribution in [3.05, 3.63) is 47.0 Å². The van der Waals surface area contributed by atoms with Gasteiger partial charge in [-0.1, -0.05) is 79.5 Å². The van der Waals surface area contributed by atoms with Crippen molar-refractivity contribution in [2.75, 3.05) is 13.2 Å². The molecule has 3 aliphatic carbocycles. The third-order valence-corrected chi connectivity index (χ3v) is 20.5. The Morgan fingerprint density at radius 1 is 0.930 bits per heavy atom. The van der Waals surface area contributed by atoms with Crippen LogP contribution >= 0.6 is 0 Å². The summed E-state index contributed by atoms with van der Waals surface area (Å²) in [4.78, 5) is 70.2. The van der Waals surface area contributed by atoms with Gasteiger partial charge in [-0.2, -0.15) is 0 Å². The fraction of sp³-hybridized carbons (Fsp3) is 0.755. The van der Waals surface area contributed by atoms with Crippen LogP contribution in [0, 0.1) is 16.7 Å². The minimum atomic E-state index is -2.59. The summed E-state index contributed by atoms with van der Waals surface area (Å²) in [5.74, 6) is -4.49. The molecule has 0 radical (unpaired) electrons. The highest BCUT2D eigenvalue weighted by atomic mass is 28.4. The first kappa shape index (κ1) is 58.0. The molecule has 1 saturated heterocycles. The molecule has 18 heteroatoms. The maximum absolute atomic E-state index is 15.1. The number of carbonyl (C=O) groups excluding carboxylic acids is 5. The van der Waals surface area contributed by atoms with E-state index in [9.17, 15) is 29.4 Å². The first-order valence-electron chi connectivity index (χ1n) is 25.7. The first-order valence-corrected chi connectivity index (χ1v) is 28.2. The monoisotopic (exact) mass is 1020 g/mol. The van der Waals surface area contributed by atoms with Crippen LogP contribution in [0.25, 0.3) is 0 Å². The maximum Gasteiger partial charge on any atom is 0.407 e. The quantitative estimate of drug-likeness (QED) is 0.0372. The van der Waals surface area contributed by atoms with Gasteiger partial charge >= 0.3 is 30.0 Å². The molecule has 1 unspecified atom stereocenters. The molecule has 1 amide bonds. The lowest BCUT2D eigenvalue weighted by molar-refractivity contribution is -0.363. The molecular weight excluding hydrogens is 935 g/mol. The number of hydrogen-bond donors (Lipinski definition) is 3. The van der Waals surface area contributed by atoms with E-state index in [4.69, 9.17) is 42.3 Å². The van der Waals surface area contributed by atoms with Gasteiger partial charge in [-0.25, -0.2) is 14.4 Å². The van der Waals surface area contributed by atoms with Gasteiger partial charge in [0, 0.05) is 44.1 Å². The minimum absolute atomic E-state index is 0.149. The number of aliphatic hydroxyl groups is 2. The van der Waals surface area contributed by atoms with Crippen molar-refractivity contribution in [1.29, 1.82) is 0 Å². The molecule has 3 N–H and O–H groups in total. The van der Waals surface area contributed by atoms with Gasteiger partial charge in [0.25, 0.3) is 0 Å².